The van der Waals surface area contributed by atoms with Crippen LogP contribution in [-0.2, 0) is 6.42 Å². The largest absolute Gasteiger partial charge is 0.477 e. The molecule has 3 aromatic heterocycles. The average molecular weight is 535 g/mol. The minimum Gasteiger partial charge on any atom is -0.477 e. The number of carboxylic acid groups (broad SMARTS) is 1. The van der Waals surface area contributed by atoms with E-state index in [1.165, 1.54) is 29.3 Å². The number of hydrogen-bond donors (Lipinski definition) is 1. The Morgan fingerprint density at radius 3 is 2.78 bits per heavy atom. The molecule has 13 heteroatoms. The Hall–Kier alpha value is -4.22. The highest BCUT2D eigenvalue weighted by Crippen LogP contribution is 2.38. The van der Waals surface area contributed by atoms with E-state index in [9.17, 15) is 14.7 Å². The van der Waals surface area contributed by atoms with Crippen molar-refractivity contribution in [3.05, 3.63) is 86.5 Å². The summed E-state index contributed by atoms with van der Waals surface area (Å²) in [4.78, 5) is 37.9. The number of aromatic carboxylic acids is 1. The van der Waals surface area contributed by atoms with Crippen molar-refractivity contribution < 1.29 is 9.90 Å². The molecule has 0 amide bonds. The zero-order valence-electron chi connectivity index (χ0n) is 18.9. The summed E-state index contributed by atoms with van der Waals surface area (Å²) in [5, 5.41) is 21.3. The summed E-state index contributed by atoms with van der Waals surface area (Å²) >= 11 is 12.7. The molecule has 6 rings (SSSR count). The molecule has 1 aromatic carbocycles. The Balaban J connectivity index is 1.33. The second kappa shape index (κ2) is 9.02. The lowest BCUT2D eigenvalue weighted by Crippen LogP contribution is -2.28. The first-order chi connectivity index (χ1) is 17.9. The first-order valence-corrected chi connectivity index (χ1v) is 12.0. The van der Waals surface area contributed by atoms with Gasteiger partial charge in [0.05, 0.1) is 17.4 Å². The van der Waals surface area contributed by atoms with Gasteiger partial charge >= 0.3 is 5.97 Å². The number of benzene rings is 1. The van der Waals surface area contributed by atoms with Gasteiger partial charge in [-0.1, -0.05) is 23.2 Å². The molecule has 0 spiro atoms. The summed E-state index contributed by atoms with van der Waals surface area (Å²) in [6.45, 7) is 0. The molecule has 0 bridgehead atoms. The van der Waals surface area contributed by atoms with Crippen molar-refractivity contribution >= 4 is 40.5 Å². The van der Waals surface area contributed by atoms with E-state index < -0.39 is 5.97 Å². The van der Waals surface area contributed by atoms with Gasteiger partial charge < -0.3 is 5.11 Å². The molecule has 11 nitrogen and oxygen atoms in total. The first-order valence-electron chi connectivity index (χ1n) is 11.2. The Morgan fingerprint density at radius 1 is 1.14 bits per heavy atom. The molecule has 0 radical (unpaired) electrons. The van der Waals surface area contributed by atoms with Gasteiger partial charge in [-0.15, -0.1) is 5.10 Å². The molecule has 1 N–H and O–H groups in total. The molecular formula is C24H16Cl2N8O3. The predicted octanol–water partition coefficient (Wildman–Crippen LogP) is 3.57. The van der Waals surface area contributed by atoms with Crippen LogP contribution in [0.3, 0.4) is 0 Å². The third-order valence-electron chi connectivity index (χ3n) is 6.37. The number of aryl methyl sites for hydroxylation is 1. The van der Waals surface area contributed by atoms with E-state index in [4.69, 9.17) is 28.2 Å². The van der Waals surface area contributed by atoms with Crippen LogP contribution in [0.5, 0.6) is 0 Å². The average Bonchev–Trinajstić information content (AvgIpc) is 3.64. The highest BCUT2D eigenvalue weighted by Gasteiger charge is 2.33. The van der Waals surface area contributed by atoms with Crippen LogP contribution >= 0.6 is 23.2 Å². The fraction of sp³-hybridized carbons (Fsp3) is 0.167. The number of pyridine rings is 1. The van der Waals surface area contributed by atoms with Gasteiger partial charge in [0.1, 0.15) is 23.0 Å². The summed E-state index contributed by atoms with van der Waals surface area (Å²) in [5.74, 6) is -0.502. The van der Waals surface area contributed by atoms with E-state index in [2.05, 4.69) is 25.5 Å². The van der Waals surface area contributed by atoms with Crippen LogP contribution in [0.25, 0.3) is 22.5 Å². The lowest BCUT2D eigenvalue weighted by Gasteiger charge is -2.16. The summed E-state index contributed by atoms with van der Waals surface area (Å²) in [6, 6.07) is 9.52. The summed E-state index contributed by atoms with van der Waals surface area (Å²) in [6.07, 6.45) is 4.47. The smallest absolute Gasteiger partial charge is 0.354 e. The van der Waals surface area contributed by atoms with E-state index >= 15 is 0 Å². The Labute approximate surface area is 218 Å². The van der Waals surface area contributed by atoms with Gasteiger partial charge in [-0.25, -0.2) is 19.8 Å². The van der Waals surface area contributed by atoms with E-state index in [1.807, 2.05) is 0 Å². The maximum Gasteiger partial charge on any atom is 0.354 e. The van der Waals surface area contributed by atoms with E-state index in [0.29, 0.717) is 58.2 Å². The molecule has 2 aliphatic heterocycles. The van der Waals surface area contributed by atoms with E-state index in [-0.39, 0.29) is 22.5 Å². The van der Waals surface area contributed by atoms with Gasteiger partial charge in [-0.2, -0.15) is 4.68 Å². The predicted molar refractivity (Wildman–Crippen MR) is 135 cm³/mol. The molecule has 0 fully saturated rings. The Bertz CT molecular complexity index is 1690. The van der Waals surface area contributed by atoms with Crippen molar-refractivity contribution in [2.24, 2.45) is 4.99 Å². The number of aliphatic imine (C=N–C) groups is 1. The SMILES string of the molecule is O=C(O)c1cc(C2=C(Cl)N=C([C@@H]3CCc4nc(-c5cc(Cl)ccc5-n5cnnn5)cc(=O)n43)C2)ccn1. The van der Waals surface area contributed by atoms with Crippen molar-refractivity contribution in [3.63, 3.8) is 0 Å². The molecule has 5 heterocycles. The van der Waals surface area contributed by atoms with E-state index in [0.717, 1.165) is 5.71 Å². The minimum absolute atomic E-state index is 0.0795. The summed E-state index contributed by atoms with van der Waals surface area (Å²) in [7, 11) is 0. The van der Waals surface area contributed by atoms with Crippen molar-refractivity contribution in [2.75, 3.05) is 0 Å². The van der Waals surface area contributed by atoms with Gasteiger partial charge in [0.2, 0.25) is 0 Å². The molecule has 2 aliphatic rings. The molecule has 0 aliphatic carbocycles. The highest BCUT2D eigenvalue weighted by molar-refractivity contribution is 6.35. The zero-order valence-corrected chi connectivity index (χ0v) is 20.4. The molecule has 0 unspecified atom stereocenters. The van der Waals surface area contributed by atoms with Crippen LogP contribution in [-0.4, -0.2) is 51.5 Å². The van der Waals surface area contributed by atoms with Gasteiger partial charge in [0, 0.05) is 47.0 Å². The lowest BCUT2D eigenvalue weighted by atomic mass is 9.99. The second-order valence-corrected chi connectivity index (χ2v) is 9.31. The highest BCUT2D eigenvalue weighted by atomic mass is 35.5. The third-order valence-corrected chi connectivity index (χ3v) is 6.92. The number of carboxylic acids is 1. The molecule has 0 saturated carbocycles. The second-order valence-electron chi connectivity index (χ2n) is 8.52. The maximum absolute atomic E-state index is 13.4. The van der Waals surface area contributed by atoms with Crippen molar-refractivity contribution in [1.29, 1.82) is 0 Å². The number of tetrazole rings is 1. The summed E-state index contributed by atoms with van der Waals surface area (Å²) < 4.78 is 3.13. The monoisotopic (exact) mass is 534 g/mol. The van der Waals surface area contributed by atoms with Crippen LogP contribution in [0.15, 0.2) is 63.9 Å². The van der Waals surface area contributed by atoms with Crippen LogP contribution in [0.4, 0.5) is 0 Å². The maximum atomic E-state index is 13.4. The van der Waals surface area contributed by atoms with Crippen LogP contribution in [0.1, 0.15) is 40.8 Å². The van der Waals surface area contributed by atoms with Crippen molar-refractivity contribution in [1.82, 2.24) is 34.7 Å². The quantitative estimate of drug-likeness (QED) is 0.383. The normalized spacial score (nSPS) is 16.7. The summed E-state index contributed by atoms with van der Waals surface area (Å²) in [5.41, 5.74) is 3.47. The van der Waals surface area contributed by atoms with Crippen LogP contribution in [0, 0.1) is 0 Å². The Morgan fingerprint density at radius 2 is 2.00 bits per heavy atom. The number of rotatable bonds is 5. The van der Waals surface area contributed by atoms with Gasteiger partial charge in [-0.3, -0.25) is 9.36 Å². The number of allylic oxidation sites excluding steroid dienone is 1. The van der Waals surface area contributed by atoms with Crippen LogP contribution in [0.2, 0.25) is 5.02 Å². The first kappa shape index (κ1) is 23.2. The molecule has 184 valence electrons. The number of carbonyl (C=O) groups is 1. The fourth-order valence-electron chi connectivity index (χ4n) is 4.72. The Kier molecular flexibility index (Phi) is 5.65. The third kappa shape index (κ3) is 4.11. The number of nitrogens with zero attached hydrogens (tertiary/aromatic N) is 8. The molecule has 4 aromatic rings. The number of fused-ring (bicyclic) bond motifs is 1. The number of aromatic nitrogens is 7. The van der Waals surface area contributed by atoms with E-state index in [1.54, 1.807) is 28.8 Å². The fourth-order valence-corrected chi connectivity index (χ4v) is 5.17. The molecule has 1 atom stereocenters. The lowest BCUT2D eigenvalue weighted by molar-refractivity contribution is 0.0690. The molecular weight excluding hydrogens is 519 g/mol. The van der Waals surface area contributed by atoms with Gasteiger partial charge in [0.15, 0.2) is 0 Å². The van der Waals surface area contributed by atoms with Crippen molar-refractivity contribution in [3.8, 4) is 16.9 Å². The topological polar surface area (TPSA) is 141 Å². The molecule has 37 heavy (non-hydrogen) atoms. The number of halogens is 2. The minimum atomic E-state index is -1.13. The standard InChI is InChI=1S/C24H16Cl2N8O3/c25-13-1-2-19(33-11-28-31-32-33)15(8-13)16-10-22(35)34-20(3-4-21(34)29-16)17-9-14(23(26)30-17)12-5-6-27-18(7-12)24(36)37/h1-2,5-8,10-11,20H,3-4,9H2,(H,36,37)/t20-/m0/s1. The zero-order chi connectivity index (χ0) is 25.7. The van der Waals surface area contributed by atoms with Gasteiger partial charge in [0.25, 0.3) is 5.56 Å². The molecule has 0 saturated heterocycles. The van der Waals surface area contributed by atoms with Gasteiger partial charge in [-0.05, 0) is 52.7 Å². The van der Waals surface area contributed by atoms with Crippen molar-refractivity contribution in [2.45, 2.75) is 25.3 Å². The van der Waals surface area contributed by atoms with Crippen LogP contribution < -0.4 is 5.56 Å². The number of hydrogen-bond acceptors (Lipinski definition) is 8.